The first-order chi connectivity index (χ1) is 13.9. The molecule has 3 aromatic rings. The second-order valence-corrected chi connectivity index (χ2v) is 7.04. The molecular formula is C20H17F2N3O3S. The number of nitrogens with zero attached hydrogens (tertiary/aromatic N) is 2. The number of ketones is 1. The molecule has 150 valence electrons. The Hall–Kier alpha value is -3.12. The standard InChI is InChI=1S/C20H17F2N3O3S/c1-11(18(26)17(10-23)29-2)27-13-4-6-14(7-5-13)28-20-24-15-8-3-12(19(21)22)9-16(15)25-20/h3-9,11,17,19H,1-2H3,(H,24,25). The average Bonchev–Trinajstić information content (AvgIpc) is 3.11. The van der Waals surface area contributed by atoms with Gasteiger partial charge in [-0.3, -0.25) is 4.79 Å². The molecule has 2 aromatic carbocycles. The van der Waals surface area contributed by atoms with E-state index in [1.807, 2.05) is 6.07 Å². The fourth-order valence-electron chi connectivity index (χ4n) is 2.59. The van der Waals surface area contributed by atoms with Gasteiger partial charge in [-0.15, -0.1) is 11.8 Å². The number of ether oxygens (including phenoxy) is 2. The van der Waals surface area contributed by atoms with Crippen LogP contribution in [0, 0.1) is 11.3 Å². The van der Waals surface area contributed by atoms with Crippen molar-refractivity contribution in [3.8, 4) is 23.6 Å². The first-order valence-electron chi connectivity index (χ1n) is 8.59. The molecule has 1 heterocycles. The number of H-pyrrole nitrogens is 1. The Morgan fingerprint density at radius 2 is 1.90 bits per heavy atom. The Kier molecular flexibility index (Phi) is 6.34. The Labute approximate surface area is 169 Å². The van der Waals surface area contributed by atoms with E-state index in [0.29, 0.717) is 22.5 Å². The van der Waals surface area contributed by atoms with Gasteiger partial charge in [0, 0.05) is 5.56 Å². The van der Waals surface area contributed by atoms with Crippen LogP contribution in [0.15, 0.2) is 42.5 Å². The maximum absolute atomic E-state index is 12.8. The zero-order valence-corrected chi connectivity index (χ0v) is 16.4. The van der Waals surface area contributed by atoms with Gasteiger partial charge in [0.05, 0.1) is 17.1 Å². The molecule has 0 spiro atoms. The Balaban J connectivity index is 1.67. The fourth-order valence-corrected chi connectivity index (χ4v) is 3.12. The number of nitrogens with one attached hydrogen (secondary N) is 1. The number of hydrogen-bond acceptors (Lipinski definition) is 6. The quantitative estimate of drug-likeness (QED) is 0.562. The van der Waals surface area contributed by atoms with Crippen molar-refractivity contribution in [2.24, 2.45) is 0 Å². The number of thioether (sulfide) groups is 1. The topological polar surface area (TPSA) is 88.0 Å². The minimum atomic E-state index is -2.56. The molecular weight excluding hydrogens is 400 g/mol. The first kappa shape index (κ1) is 20.6. The number of carbonyl (C=O) groups excluding carboxylic acids is 1. The molecule has 0 saturated heterocycles. The van der Waals surface area contributed by atoms with E-state index >= 15 is 0 Å². The number of Topliss-reactive ketones (excluding diaryl/α,β-unsaturated/α-hetero) is 1. The Bertz CT molecular complexity index is 1050. The summed E-state index contributed by atoms with van der Waals surface area (Å²) in [6.07, 6.45) is -1.64. The van der Waals surface area contributed by atoms with Crippen molar-refractivity contribution >= 4 is 28.6 Å². The van der Waals surface area contributed by atoms with Crippen LogP contribution in [-0.2, 0) is 4.79 Å². The van der Waals surface area contributed by atoms with Crippen molar-refractivity contribution in [1.82, 2.24) is 9.97 Å². The molecule has 0 bridgehead atoms. The molecule has 0 aliphatic carbocycles. The van der Waals surface area contributed by atoms with Crippen molar-refractivity contribution in [1.29, 1.82) is 5.26 Å². The molecule has 2 atom stereocenters. The molecule has 29 heavy (non-hydrogen) atoms. The van der Waals surface area contributed by atoms with E-state index in [1.54, 1.807) is 37.4 Å². The second-order valence-electron chi connectivity index (χ2n) is 6.10. The van der Waals surface area contributed by atoms with Gasteiger partial charge in [0.2, 0.25) is 0 Å². The summed E-state index contributed by atoms with van der Waals surface area (Å²) in [6.45, 7) is 1.59. The summed E-state index contributed by atoms with van der Waals surface area (Å²) in [5, 5.41) is 8.20. The van der Waals surface area contributed by atoms with Crippen LogP contribution in [0.5, 0.6) is 17.5 Å². The Morgan fingerprint density at radius 3 is 2.52 bits per heavy atom. The molecule has 0 fully saturated rings. The molecule has 0 saturated carbocycles. The van der Waals surface area contributed by atoms with Gasteiger partial charge >= 0.3 is 0 Å². The lowest BCUT2D eigenvalue weighted by atomic mass is 10.2. The third kappa shape index (κ3) is 4.84. The van der Waals surface area contributed by atoms with E-state index in [1.165, 1.54) is 18.2 Å². The molecule has 9 heteroatoms. The number of imidazole rings is 1. The normalized spacial score (nSPS) is 13.1. The van der Waals surface area contributed by atoms with Crippen LogP contribution in [-0.4, -0.2) is 33.4 Å². The minimum absolute atomic E-state index is 0.0991. The lowest BCUT2D eigenvalue weighted by Gasteiger charge is -2.15. The molecule has 0 radical (unpaired) electrons. The van der Waals surface area contributed by atoms with Crippen molar-refractivity contribution in [2.75, 3.05) is 6.26 Å². The predicted octanol–water partition coefficient (Wildman–Crippen LogP) is 4.88. The van der Waals surface area contributed by atoms with Gasteiger partial charge in [-0.25, -0.2) is 8.78 Å². The summed E-state index contributed by atoms with van der Waals surface area (Å²) in [5.41, 5.74) is 0.862. The van der Waals surface area contributed by atoms with Crippen LogP contribution in [0.4, 0.5) is 8.78 Å². The zero-order chi connectivity index (χ0) is 21.0. The highest BCUT2D eigenvalue weighted by Crippen LogP contribution is 2.27. The summed E-state index contributed by atoms with van der Waals surface area (Å²) in [5.74, 6) is 0.594. The lowest BCUT2D eigenvalue weighted by molar-refractivity contribution is -0.123. The molecule has 1 aromatic heterocycles. The number of aromatic amines is 1. The summed E-state index contributed by atoms with van der Waals surface area (Å²) in [6, 6.07) is 12.7. The number of nitriles is 1. The van der Waals surface area contributed by atoms with Gasteiger partial charge in [0.15, 0.2) is 17.1 Å². The van der Waals surface area contributed by atoms with Gasteiger partial charge in [0.1, 0.15) is 11.5 Å². The molecule has 0 aliphatic rings. The van der Waals surface area contributed by atoms with E-state index in [4.69, 9.17) is 14.7 Å². The number of fused-ring (bicyclic) bond motifs is 1. The molecule has 3 rings (SSSR count). The maximum Gasteiger partial charge on any atom is 0.300 e. The van der Waals surface area contributed by atoms with E-state index in [-0.39, 0.29) is 17.4 Å². The van der Waals surface area contributed by atoms with E-state index in [2.05, 4.69) is 9.97 Å². The number of aromatic nitrogens is 2. The smallest absolute Gasteiger partial charge is 0.300 e. The number of benzene rings is 2. The van der Waals surface area contributed by atoms with Crippen LogP contribution in [0.1, 0.15) is 18.9 Å². The van der Waals surface area contributed by atoms with Gasteiger partial charge in [-0.05, 0) is 49.6 Å². The highest BCUT2D eigenvalue weighted by molar-refractivity contribution is 8.00. The molecule has 1 N–H and O–H groups in total. The molecule has 0 amide bonds. The summed E-state index contributed by atoms with van der Waals surface area (Å²) in [4.78, 5) is 19.2. The van der Waals surface area contributed by atoms with Crippen LogP contribution in [0.25, 0.3) is 11.0 Å². The maximum atomic E-state index is 12.8. The minimum Gasteiger partial charge on any atom is -0.483 e. The monoisotopic (exact) mass is 417 g/mol. The SMILES string of the molecule is CSC(C#N)C(=O)C(C)Oc1ccc(Oc2nc3ccc(C(F)F)cc3[nH]2)cc1. The van der Waals surface area contributed by atoms with Gasteiger partial charge in [0.25, 0.3) is 12.4 Å². The predicted molar refractivity (Wildman–Crippen MR) is 106 cm³/mol. The van der Waals surface area contributed by atoms with Crippen LogP contribution < -0.4 is 9.47 Å². The van der Waals surface area contributed by atoms with Crippen molar-refractivity contribution < 1.29 is 23.0 Å². The van der Waals surface area contributed by atoms with Crippen LogP contribution >= 0.6 is 11.8 Å². The third-order valence-electron chi connectivity index (χ3n) is 4.10. The molecule has 2 unspecified atom stereocenters. The van der Waals surface area contributed by atoms with Gasteiger partial charge in [-0.2, -0.15) is 10.2 Å². The van der Waals surface area contributed by atoms with E-state index in [9.17, 15) is 13.6 Å². The van der Waals surface area contributed by atoms with Crippen molar-refractivity contribution in [3.05, 3.63) is 48.0 Å². The van der Waals surface area contributed by atoms with Crippen LogP contribution in [0.3, 0.4) is 0 Å². The average molecular weight is 417 g/mol. The number of carbonyl (C=O) groups is 1. The number of rotatable bonds is 8. The number of halogens is 2. The van der Waals surface area contributed by atoms with Gasteiger partial charge < -0.3 is 14.5 Å². The summed E-state index contributed by atoms with van der Waals surface area (Å²) >= 11 is 1.16. The zero-order valence-electron chi connectivity index (χ0n) is 15.6. The number of alkyl halides is 2. The fraction of sp³-hybridized carbons (Fsp3) is 0.250. The van der Waals surface area contributed by atoms with E-state index < -0.39 is 17.8 Å². The largest absolute Gasteiger partial charge is 0.483 e. The third-order valence-corrected chi connectivity index (χ3v) is 4.91. The van der Waals surface area contributed by atoms with E-state index in [0.717, 1.165) is 11.8 Å². The summed E-state index contributed by atoms with van der Waals surface area (Å²) in [7, 11) is 0. The molecule has 0 aliphatic heterocycles. The van der Waals surface area contributed by atoms with Crippen molar-refractivity contribution in [2.45, 2.75) is 24.7 Å². The highest BCUT2D eigenvalue weighted by Gasteiger charge is 2.24. The highest BCUT2D eigenvalue weighted by atomic mass is 32.2. The van der Waals surface area contributed by atoms with Crippen molar-refractivity contribution in [3.63, 3.8) is 0 Å². The number of hydrogen-bond donors (Lipinski definition) is 1. The summed E-state index contributed by atoms with van der Waals surface area (Å²) < 4.78 is 36.8. The van der Waals surface area contributed by atoms with Crippen LogP contribution in [0.2, 0.25) is 0 Å². The lowest BCUT2D eigenvalue weighted by Crippen LogP contribution is -2.31. The first-order valence-corrected chi connectivity index (χ1v) is 9.88. The molecule has 6 nitrogen and oxygen atoms in total. The van der Waals surface area contributed by atoms with Gasteiger partial charge in [-0.1, -0.05) is 6.07 Å². The Morgan fingerprint density at radius 1 is 1.21 bits per heavy atom. The second kappa shape index (κ2) is 8.92.